The van der Waals surface area contributed by atoms with Crippen molar-refractivity contribution in [3.8, 4) is 22.8 Å². The fraction of sp³-hybridized carbons (Fsp3) is 0.250. The van der Waals surface area contributed by atoms with Gasteiger partial charge in [0.2, 0.25) is 0 Å². The first kappa shape index (κ1) is 21.3. The summed E-state index contributed by atoms with van der Waals surface area (Å²) >= 11 is 0. The van der Waals surface area contributed by atoms with Gasteiger partial charge in [-0.2, -0.15) is 0 Å². The number of carboxylic acid groups (broad SMARTS) is 1. The highest BCUT2D eigenvalue weighted by atomic mass is 19.1. The molecule has 0 amide bonds. The smallest absolute Gasteiger partial charge is 0.341 e. The fourth-order valence-corrected chi connectivity index (χ4v) is 3.45. The lowest BCUT2D eigenvalue weighted by Crippen LogP contribution is -2.11. The van der Waals surface area contributed by atoms with Gasteiger partial charge in [-0.1, -0.05) is 11.6 Å². The molecule has 0 atom stereocenters. The van der Waals surface area contributed by atoms with Crippen molar-refractivity contribution in [1.29, 1.82) is 0 Å². The number of carboxylic acids is 1. The minimum Gasteiger partial charge on any atom is -0.506 e. The maximum atomic E-state index is 14.3. The molecule has 0 spiro atoms. The molecule has 0 bridgehead atoms. The number of aromatic hydroxyl groups is 1. The van der Waals surface area contributed by atoms with E-state index in [0.717, 1.165) is 27.8 Å². The molecule has 0 saturated heterocycles. The Morgan fingerprint density at radius 2 is 1.80 bits per heavy atom. The van der Waals surface area contributed by atoms with Gasteiger partial charge in [0.1, 0.15) is 23.0 Å². The summed E-state index contributed by atoms with van der Waals surface area (Å²) in [5, 5.41) is 19.1. The first-order valence-electron chi connectivity index (χ1n) is 9.57. The lowest BCUT2D eigenvalue weighted by Gasteiger charge is -2.17. The van der Waals surface area contributed by atoms with Crippen molar-refractivity contribution in [3.63, 3.8) is 0 Å². The molecule has 30 heavy (non-hydrogen) atoms. The molecule has 3 aromatic rings. The van der Waals surface area contributed by atoms with E-state index in [9.17, 15) is 14.3 Å². The Kier molecular flexibility index (Phi) is 6.06. The van der Waals surface area contributed by atoms with Crippen LogP contribution in [0.25, 0.3) is 11.3 Å². The third-order valence-electron chi connectivity index (χ3n) is 5.23. The molecule has 2 N–H and O–H groups in total. The molecule has 1 heterocycles. The van der Waals surface area contributed by atoms with Gasteiger partial charge >= 0.3 is 5.97 Å². The molecule has 3 rings (SSSR count). The summed E-state index contributed by atoms with van der Waals surface area (Å²) in [7, 11) is 0. The van der Waals surface area contributed by atoms with Gasteiger partial charge in [0.25, 0.3) is 0 Å². The van der Waals surface area contributed by atoms with Gasteiger partial charge in [0, 0.05) is 17.7 Å². The Morgan fingerprint density at radius 3 is 2.50 bits per heavy atom. The highest BCUT2D eigenvalue weighted by Gasteiger charge is 2.16. The van der Waals surface area contributed by atoms with Crippen molar-refractivity contribution in [2.75, 3.05) is 6.61 Å². The molecule has 5 nitrogen and oxygen atoms in total. The molecule has 156 valence electrons. The minimum atomic E-state index is -1.03. The Labute approximate surface area is 174 Å². The van der Waals surface area contributed by atoms with Gasteiger partial charge in [-0.25, -0.2) is 14.2 Å². The average molecular weight is 409 g/mol. The minimum absolute atomic E-state index is 0.0784. The summed E-state index contributed by atoms with van der Waals surface area (Å²) in [5.74, 6) is -1.01. The van der Waals surface area contributed by atoms with Gasteiger partial charge in [0.15, 0.2) is 6.61 Å². The molecule has 0 fully saturated rings. The predicted molar refractivity (Wildman–Crippen MR) is 113 cm³/mol. The Morgan fingerprint density at radius 1 is 1.07 bits per heavy atom. The van der Waals surface area contributed by atoms with Gasteiger partial charge < -0.3 is 14.9 Å². The number of ether oxygens (including phenoxy) is 1. The van der Waals surface area contributed by atoms with Crippen LogP contribution in [0.15, 0.2) is 36.4 Å². The zero-order valence-corrected chi connectivity index (χ0v) is 17.4. The first-order chi connectivity index (χ1) is 14.2. The lowest BCUT2D eigenvalue weighted by atomic mass is 9.93. The second-order valence-corrected chi connectivity index (χ2v) is 7.43. The van der Waals surface area contributed by atoms with Crippen LogP contribution in [-0.4, -0.2) is 27.8 Å². The molecular formula is C24H24FNO4. The van der Waals surface area contributed by atoms with E-state index in [-0.39, 0.29) is 17.0 Å². The third-order valence-corrected chi connectivity index (χ3v) is 5.23. The lowest BCUT2D eigenvalue weighted by molar-refractivity contribution is -0.139. The number of hydrogen-bond acceptors (Lipinski definition) is 4. The van der Waals surface area contributed by atoms with E-state index in [1.807, 2.05) is 33.8 Å². The average Bonchev–Trinajstić information content (AvgIpc) is 2.70. The summed E-state index contributed by atoms with van der Waals surface area (Å²) < 4.78 is 19.7. The Hall–Kier alpha value is -3.41. The first-order valence-corrected chi connectivity index (χ1v) is 9.57. The standard InChI is InChI=1S/C24H24FNO4/c1-13-5-7-20(25)19(9-13)24-21(27)8-6-17(26-24)11-18-14(2)10-22(16(4)15(18)3)30-12-23(28)29/h5-10,27H,11-12H2,1-4H3,(H,28,29). The maximum Gasteiger partial charge on any atom is 0.341 e. The van der Waals surface area contributed by atoms with Crippen molar-refractivity contribution < 1.29 is 24.1 Å². The summed E-state index contributed by atoms with van der Waals surface area (Å²) in [6.07, 6.45) is 0.485. The van der Waals surface area contributed by atoms with Gasteiger partial charge in [-0.3, -0.25) is 0 Å². The van der Waals surface area contributed by atoms with Crippen molar-refractivity contribution in [2.45, 2.75) is 34.1 Å². The summed E-state index contributed by atoms with van der Waals surface area (Å²) in [4.78, 5) is 15.3. The Balaban J connectivity index is 1.98. The largest absolute Gasteiger partial charge is 0.506 e. The maximum absolute atomic E-state index is 14.3. The van der Waals surface area contributed by atoms with Crippen LogP contribution in [0.3, 0.4) is 0 Å². The molecule has 0 saturated carbocycles. The number of halogens is 1. The van der Waals surface area contributed by atoms with Crippen LogP contribution >= 0.6 is 0 Å². The number of rotatable bonds is 6. The number of aromatic nitrogens is 1. The van der Waals surface area contributed by atoms with E-state index in [2.05, 4.69) is 4.98 Å². The number of benzene rings is 2. The van der Waals surface area contributed by atoms with Crippen LogP contribution in [0.4, 0.5) is 4.39 Å². The molecule has 0 radical (unpaired) electrons. The van der Waals surface area contributed by atoms with Crippen molar-refractivity contribution in [1.82, 2.24) is 4.98 Å². The van der Waals surface area contributed by atoms with Crippen molar-refractivity contribution in [3.05, 3.63) is 75.7 Å². The quantitative estimate of drug-likeness (QED) is 0.607. The molecule has 0 aliphatic carbocycles. The number of hydrogen-bond donors (Lipinski definition) is 2. The number of nitrogens with zero attached hydrogens (tertiary/aromatic N) is 1. The van der Waals surface area contributed by atoms with Gasteiger partial charge in [-0.15, -0.1) is 0 Å². The second-order valence-electron chi connectivity index (χ2n) is 7.43. The topological polar surface area (TPSA) is 79.7 Å². The summed E-state index contributed by atoms with van der Waals surface area (Å²) in [6.45, 7) is 7.22. The van der Waals surface area contributed by atoms with E-state index in [1.165, 1.54) is 12.1 Å². The fourth-order valence-electron chi connectivity index (χ4n) is 3.45. The molecule has 2 aromatic carbocycles. The number of aryl methyl sites for hydroxylation is 2. The van der Waals surface area contributed by atoms with Crippen LogP contribution < -0.4 is 4.74 Å². The van der Waals surface area contributed by atoms with Crippen molar-refractivity contribution >= 4 is 5.97 Å². The van der Waals surface area contributed by atoms with E-state index in [0.29, 0.717) is 17.9 Å². The van der Waals surface area contributed by atoms with Crippen LogP contribution in [-0.2, 0) is 11.2 Å². The van der Waals surface area contributed by atoms with Crippen molar-refractivity contribution in [2.24, 2.45) is 0 Å². The van der Waals surface area contributed by atoms with E-state index in [1.54, 1.807) is 18.2 Å². The highest BCUT2D eigenvalue weighted by Crippen LogP contribution is 2.32. The molecular weight excluding hydrogens is 385 g/mol. The normalized spacial score (nSPS) is 10.8. The summed E-state index contributed by atoms with van der Waals surface area (Å²) in [5.41, 5.74) is 5.85. The zero-order valence-electron chi connectivity index (χ0n) is 17.4. The SMILES string of the molecule is Cc1ccc(F)c(-c2nc(Cc3c(C)cc(OCC(=O)O)c(C)c3C)ccc2O)c1. The monoisotopic (exact) mass is 409 g/mol. The number of carbonyl (C=O) groups is 1. The molecule has 0 aliphatic heterocycles. The number of aliphatic carboxylic acids is 1. The van der Waals surface area contributed by atoms with Gasteiger partial charge in [-0.05, 0) is 80.3 Å². The van der Waals surface area contributed by atoms with Crippen LogP contribution in [0.2, 0.25) is 0 Å². The number of pyridine rings is 1. The van der Waals surface area contributed by atoms with E-state index in [4.69, 9.17) is 9.84 Å². The Bertz CT molecular complexity index is 1120. The van der Waals surface area contributed by atoms with Crippen LogP contribution in [0.1, 0.15) is 33.5 Å². The van der Waals surface area contributed by atoms with Gasteiger partial charge in [0.05, 0.1) is 0 Å². The highest BCUT2D eigenvalue weighted by molar-refractivity contribution is 5.69. The summed E-state index contributed by atoms with van der Waals surface area (Å²) in [6, 6.07) is 9.77. The second kappa shape index (κ2) is 8.53. The van der Waals surface area contributed by atoms with E-state index >= 15 is 0 Å². The molecule has 0 aliphatic rings. The molecule has 6 heteroatoms. The zero-order chi connectivity index (χ0) is 22.0. The van der Waals surface area contributed by atoms with Crippen LogP contribution in [0.5, 0.6) is 11.5 Å². The van der Waals surface area contributed by atoms with Crippen LogP contribution in [0, 0.1) is 33.5 Å². The molecule has 0 unspecified atom stereocenters. The van der Waals surface area contributed by atoms with E-state index < -0.39 is 18.4 Å². The predicted octanol–water partition coefficient (Wildman–Crippen LogP) is 4.88. The third kappa shape index (κ3) is 4.43. The molecule has 1 aromatic heterocycles.